The van der Waals surface area contributed by atoms with Crippen molar-refractivity contribution in [3.8, 4) is 0 Å². The van der Waals surface area contributed by atoms with Crippen LogP contribution >= 0.6 is 0 Å². The maximum atomic E-state index is 12.1. The Morgan fingerprint density at radius 2 is 2.06 bits per heavy atom. The molecule has 1 saturated heterocycles. The molecule has 1 rings (SSSR count). The maximum Gasteiger partial charge on any atom is 0.227 e. The summed E-state index contributed by atoms with van der Waals surface area (Å²) in [4.78, 5) is 12.1. The Kier molecular flexibility index (Phi) is 7.19. The molecule has 1 fully saturated rings. The van der Waals surface area contributed by atoms with Crippen molar-refractivity contribution in [2.75, 3.05) is 53.2 Å². The molecule has 0 bridgehead atoms. The van der Waals surface area contributed by atoms with Crippen LogP contribution in [0.2, 0.25) is 0 Å². The molecule has 1 amide bonds. The molecule has 106 valence electrons. The minimum Gasteiger partial charge on any atom is -0.382 e. The molecule has 6 heteroatoms. The van der Waals surface area contributed by atoms with Crippen LogP contribution in [-0.2, 0) is 19.0 Å². The fraction of sp³-hybridized carbons (Fsp3) is 0.917. The van der Waals surface area contributed by atoms with Gasteiger partial charge in [-0.1, -0.05) is 0 Å². The van der Waals surface area contributed by atoms with Gasteiger partial charge in [0.15, 0.2) is 0 Å². The van der Waals surface area contributed by atoms with Gasteiger partial charge in [-0.25, -0.2) is 0 Å². The largest absolute Gasteiger partial charge is 0.382 e. The van der Waals surface area contributed by atoms with Crippen molar-refractivity contribution < 1.29 is 19.0 Å². The van der Waals surface area contributed by atoms with E-state index in [2.05, 4.69) is 5.32 Å². The highest BCUT2D eigenvalue weighted by Crippen LogP contribution is 2.29. The van der Waals surface area contributed by atoms with Crippen molar-refractivity contribution in [1.82, 2.24) is 5.32 Å². The van der Waals surface area contributed by atoms with Crippen LogP contribution in [0.3, 0.4) is 0 Å². The first kappa shape index (κ1) is 15.4. The van der Waals surface area contributed by atoms with E-state index in [9.17, 15) is 4.79 Å². The molecule has 0 unspecified atom stereocenters. The van der Waals surface area contributed by atoms with Gasteiger partial charge in [0.1, 0.15) is 0 Å². The monoisotopic (exact) mass is 260 g/mol. The highest BCUT2D eigenvalue weighted by atomic mass is 16.5. The van der Waals surface area contributed by atoms with Gasteiger partial charge in [-0.3, -0.25) is 4.79 Å². The number of nitrogens with one attached hydrogen (secondary N) is 1. The number of amides is 1. The molecular formula is C12H24N2O4. The highest BCUT2D eigenvalue weighted by molar-refractivity contribution is 5.83. The summed E-state index contributed by atoms with van der Waals surface area (Å²) >= 11 is 0. The van der Waals surface area contributed by atoms with Gasteiger partial charge in [0, 0.05) is 33.4 Å². The standard InChI is InChI=1S/C12H24N2O4/c1-16-8-9-18-7-4-14-11(15)12(10-13)2-5-17-6-3-12/h2-10,13H2,1H3,(H,14,15). The van der Waals surface area contributed by atoms with Gasteiger partial charge in [-0.05, 0) is 12.8 Å². The third-order valence-corrected chi connectivity index (χ3v) is 3.29. The Morgan fingerprint density at radius 1 is 1.33 bits per heavy atom. The molecule has 0 aromatic heterocycles. The van der Waals surface area contributed by atoms with Gasteiger partial charge in [-0.2, -0.15) is 0 Å². The number of methoxy groups -OCH3 is 1. The quantitative estimate of drug-likeness (QED) is 0.576. The van der Waals surface area contributed by atoms with E-state index in [-0.39, 0.29) is 5.91 Å². The number of hydrogen-bond acceptors (Lipinski definition) is 5. The maximum absolute atomic E-state index is 12.1. The van der Waals surface area contributed by atoms with Gasteiger partial charge in [0.2, 0.25) is 5.91 Å². The van der Waals surface area contributed by atoms with Crippen molar-refractivity contribution in [2.24, 2.45) is 11.1 Å². The molecule has 1 aliphatic heterocycles. The van der Waals surface area contributed by atoms with E-state index < -0.39 is 5.41 Å². The molecule has 0 atom stereocenters. The number of nitrogens with two attached hydrogens (primary N) is 1. The first-order chi connectivity index (χ1) is 8.75. The molecule has 3 N–H and O–H groups in total. The molecule has 0 aromatic rings. The average molecular weight is 260 g/mol. The number of ether oxygens (including phenoxy) is 3. The van der Waals surface area contributed by atoms with Crippen molar-refractivity contribution in [2.45, 2.75) is 12.8 Å². The second kappa shape index (κ2) is 8.42. The first-order valence-corrected chi connectivity index (χ1v) is 6.38. The fourth-order valence-corrected chi connectivity index (χ4v) is 1.95. The summed E-state index contributed by atoms with van der Waals surface area (Å²) in [6.45, 7) is 3.69. The third-order valence-electron chi connectivity index (χ3n) is 3.29. The number of carbonyl (C=O) groups excluding carboxylic acids is 1. The summed E-state index contributed by atoms with van der Waals surface area (Å²) in [7, 11) is 1.63. The topological polar surface area (TPSA) is 82.8 Å². The van der Waals surface area contributed by atoms with Gasteiger partial charge >= 0.3 is 0 Å². The van der Waals surface area contributed by atoms with Crippen LogP contribution in [0.5, 0.6) is 0 Å². The Labute approximate surface area is 108 Å². The van der Waals surface area contributed by atoms with Gasteiger partial charge < -0.3 is 25.3 Å². The van der Waals surface area contributed by atoms with Crippen LogP contribution in [0.15, 0.2) is 0 Å². The molecule has 0 aromatic carbocycles. The smallest absolute Gasteiger partial charge is 0.227 e. The number of hydrogen-bond donors (Lipinski definition) is 2. The predicted octanol–water partition coefficient (Wildman–Crippen LogP) is -0.479. The van der Waals surface area contributed by atoms with Crippen molar-refractivity contribution >= 4 is 5.91 Å². The summed E-state index contributed by atoms with van der Waals surface area (Å²) in [6, 6.07) is 0. The average Bonchev–Trinajstić information content (AvgIpc) is 2.43. The van der Waals surface area contributed by atoms with Gasteiger partial charge in [0.05, 0.1) is 25.2 Å². The van der Waals surface area contributed by atoms with Crippen molar-refractivity contribution in [3.05, 3.63) is 0 Å². The van der Waals surface area contributed by atoms with E-state index in [1.165, 1.54) is 0 Å². The number of rotatable bonds is 8. The van der Waals surface area contributed by atoms with Crippen molar-refractivity contribution in [1.29, 1.82) is 0 Å². The lowest BCUT2D eigenvalue weighted by molar-refractivity contribution is -0.136. The van der Waals surface area contributed by atoms with E-state index in [0.29, 0.717) is 59.0 Å². The van der Waals surface area contributed by atoms with Crippen LogP contribution in [-0.4, -0.2) is 59.1 Å². The van der Waals surface area contributed by atoms with E-state index in [0.717, 1.165) is 0 Å². The lowest BCUT2D eigenvalue weighted by Gasteiger charge is -2.34. The highest BCUT2D eigenvalue weighted by Gasteiger charge is 2.38. The second-order valence-corrected chi connectivity index (χ2v) is 4.46. The lowest BCUT2D eigenvalue weighted by Crippen LogP contribution is -2.49. The Balaban J connectivity index is 2.21. The Hall–Kier alpha value is -0.690. The lowest BCUT2D eigenvalue weighted by atomic mass is 9.79. The molecule has 1 aliphatic rings. The van der Waals surface area contributed by atoms with Crippen LogP contribution in [0, 0.1) is 5.41 Å². The SMILES string of the molecule is COCCOCCNC(=O)C1(CN)CCOCC1. The predicted molar refractivity (Wildman–Crippen MR) is 67.2 cm³/mol. The van der Waals surface area contributed by atoms with Gasteiger partial charge in [-0.15, -0.1) is 0 Å². The Bertz CT molecular complexity index is 242. The summed E-state index contributed by atoms with van der Waals surface area (Å²) in [5.41, 5.74) is 5.29. The summed E-state index contributed by atoms with van der Waals surface area (Å²) in [5.74, 6) is 0.0173. The zero-order valence-electron chi connectivity index (χ0n) is 11.1. The molecule has 6 nitrogen and oxygen atoms in total. The van der Waals surface area contributed by atoms with E-state index in [4.69, 9.17) is 19.9 Å². The van der Waals surface area contributed by atoms with Crippen LogP contribution in [0.25, 0.3) is 0 Å². The normalized spacial score (nSPS) is 18.6. The minimum absolute atomic E-state index is 0.0173. The third kappa shape index (κ3) is 4.53. The first-order valence-electron chi connectivity index (χ1n) is 6.38. The van der Waals surface area contributed by atoms with Gasteiger partial charge in [0.25, 0.3) is 0 Å². The van der Waals surface area contributed by atoms with E-state index in [1.54, 1.807) is 7.11 Å². The van der Waals surface area contributed by atoms with E-state index >= 15 is 0 Å². The molecular weight excluding hydrogens is 236 g/mol. The molecule has 1 heterocycles. The van der Waals surface area contributed by atoms with Crippen LogP contribution < -0.4 is 11.1 Å². The number of carbonyl (C=O) groups is 1. The zero-order chi connectivity index (χ0) is 13.3. The minimum atomic E-state index is -0.454. The molecule has 0 radical (unpaired) electrons. The Morgan fingerprint density at radius 3 is 2.67 bits per heavy atom. The van der Waals surface area contributed by atoms with Crippen LogP contribution in [0.1, 0.15) is 12.8 Å². The zero-order valence-corrected chi connectivity index (χ0v) is 11.1. The molecule has 18 heavy (non-hydrogen) atoms. The summed E-state index contributed by atoms with van der Waals surface area (Å²) < 4.78 is 15.4. The van der Waals surface area contributed by atoms with Crippen LogP contribution in [0.4, 0.5) is 0 Å². The molecule has 0 saturated carbocycles. The second-order valence-electron chi connectivity index (χ2n) is 4.46. The fourth-order valence-electron chi connectivity index (χ4n) is 1.95. The van der Waals surface area contributed by atoms with E-state index in [1.807, 2.05) is 0 Å². The summed E-state index contributed by atoms with van der Waals surface area (Å²) in [6.07, 6.45) is 1.39. The molecule has 0 spiro atoms. The summed E-state index contributed by atoms with van der Waals surface area (Å²) in [5, 5.41) is 2.88. The molecule has 0 aliphatic carbocycles. The van der Waals surface area contributed by atoms with Crippen molar-refractivity contribution in [3.63, 3.8) is 0 Å².